The summed E-state index contributed by atoms with van der Waals surface area (Å²) in [7, 11) is -2.08. The first-order chi connectivity index (χ1) is 20.9. The highest BCUT2D eigenvalue weighted by Gasteiger charge is 2.35. The van der Waals surface area contributed by atoms with Gasteiger partial charge in [0.05, 0.1) is 54.6 Å². The van der Waals surface area contributed by atoms with Crippen molar-refractivity contribution >= 4 is 33.0 Å². The minimum atomic E-state index is -4.55. The molecule has 45 heavy (non-hydrogen) atoms. The molecule has 3 aromatic rings. The number of amides is 1. The standard InChI is InChI=1S/C30H35F4N5O5S/c1-29(2,3)44-28(40)38-15-12-21(20(31)18-38)36-24-9-7-14-39-25(17-30(32,33)34)22(37-27(24)39)8-6-13-35-23-11-10-19(45(5,41)42)16-26(23)43-4/h7,9-11,14,16,20-21,35-36H,12-13,15,17-18H2,1-5H3/t20-,21+/m0/s1. The maximum absolute atomic E-state index is 15.2. The lowest BCUT2D eigenvalue weighted by Gasteiger charge is -2.36. The van der Waals surface area contributed by atoms with Gasteiger partial charge in [0.1, 0.15) is 23.2 Å². The van der Waals surface area contributed by atoms with E-state index in [4.69, 9.17) is 9.47 Å². The number of halogens is 4. The van der Waals surface area contributed by atoms with Gasteiger partial charge in [0.15, 0.2) is 15.5 Å². The van der Waals surface area contributed by atoms with Gasteiger partial charge in [0, 0.05) is 25.1 Å². The normalized spacial score (nSPS) is 17.4. The lowest BCUT2D eigenvalue weighted by molar-refractivity contribution is -0.128. The quantitative estimate of drug-likeness (QED) is 0.268. The third-order valence-corrected chi connectivity index (χ3v) is 7.94. The molecule has 1 aliphatic heterocycles. The van der Waals surface area contributed by atoms with E-state index in [1.54, 1.807) is 26.8 Å². The van der Waals surface area contributed by atoms with E-state index in [0.29, 0.717) is 11.4 Å². The highest BCUT2D eigenvalue weighted by molar-refractivity contribution is 7.90. The van der Waals surface area contributed by atoms with Crippen LogP contribution in [0, 0.1) is 11.8 Å². The van der Waals surface area contributed by atoms with E-state index >= 15 is 4.39 Å². The van der Waals surface area contributed by atoms with E-state index in [1.165, 1.54) is 46.9 Å². The van der Waals surface area contributed by atoms with Gasteiger partial charge in [-0.1, -0.05) is 5.92 Å². The van der Waals surface area contributed by atoms with Gasteiger partial charge in [-0.05, 0) is 57.4 Å². The summed E-state index contributed by atoms with van der Waals surface area (Å²) in [5.74, 6) is 5.72. The van der Waals surface area contributed by atoms with Crippen molar-refractivity contribution in [2.45, 2.75) is 62.5 Å². The molecule has 2 aromatic heterocycles. The number of likely N-dealkylation sites (tertiary alicyclic amines) is 1. The number of nitrogens with one attached hydrogen (secondary N) is 2. The predicted octanol–water partition coefficient (Wildman–Crippen LogP) is 5.07. The maximum atomic E-state index is 15.2. The fourth-order valence-corrected chi connectivity index (χ4v) is 5.40. The summed E-state index contributed by atoms with van der Waals surface area (Å²) in [5, 5.41) is 6.03. The zero-order valence-electron chi connectivity index (χ0n) is 25.5. The number of carbonyl (C=O) groups excluding carboxylic acids is 1. The number of fused-ring (bicyclic) bond motifs is 1. The van der Waals surface area contributed by atoms with Crippen molar-refractivity contribution < 1.29 is 40.2 Å². The molecule has 4 rings (SSSR count). The first-order valence-electron chi connectivity index (χ1n) is 14.0. The second kappa shape index (κ2) is 13.0. The third kappa shape index (κ3) is 8.72. The Balaban J connectivity index is 1.55. The maximum Gasteiger partial charge on any atom is 0.410 e. The Kier molecular flexibility index (Phi) is 9.77. The first-order valence-corrected chi connectivity index (χ1v) is 15.9. The monoisotopic (exact) mass is 653 g/mol. The minimum absolute atomic E-state index is 0.0151. The van der Waals surface area contributed by atoms with Gasteiger partial charge in [-0.3, -0.25) is 0 Å². The Morgan fingerprint density at radius 1 is 1.18 bits per heavy atom. The fraction of sp³-hybridized carbons (Fsp3) is 0.467. The molecular formula is C30H35F4N5O5S. The molecule has 10 nitrogen and oxygen atoms in total. The Hall–Kier alpha value is -4.19. The van der Waals surface area contributed by atoms with Crippen molar-refractivity contribution in [2.24, 2.45) is 0 Å². The number of rotatable bonds is 7. The molecule has 0 bridgehead atoms. The number of nitrogens with zero attached hydrogens (tertiary/aromatic N) is 3. The molecule has 1 saturated heterocycles. The van der Waals surface area contributed by atoms with Crippen molar-refractivity contribution in [1.29, 1.82) is 0 Å². The average molecular weight is 654 g/mol. The number of hydrogen-bond acceptors (Lipinski definition) is 8. The summed E-state index contributed by atoms with van der Waals surface area (Å²) >= 11 is 0. The van der Waals surface area contributed by atoms with Crippen LogP contribution in [0.15, 0.2) is 41.4 Å². The number of alkyl halides is 4. The molecule has 2 atom stereocenters. The number of aromatic nitrogens is 2. The highest BCUT2D eigenvalue weighted by atomic mass is 32.2. The second-order valence-electron chi connectivity index (χ2n) is 11.6. The number of methoxy groups -OCH3 is 1. The van der Waals surface area contributed by atoms with E-state index < -0.39 is 46.3 Å². The van der Waals surface area contributed by atoms with Crippen LogP contribution in [0.3, 0.4) is 0 Å². The van der Waals surface area contributed by atoms with Crippen LogP contribution in [-0.2, 0) is 21.0 Å². The van der Waals surface area contributed by atoms with Gasteiger partial charge in [0.25, 0.3) is 0 Å². The van der Waals surface area contributed by atoms with E-state index in [1.807, 2.05) is 0 Å². The molecule has 0 saturated carbocycles. The highest BCUT2D eigenvalue weighted by Crippen LogP contribution is 2.30. The Labute approximate surface area is 259 Å². The zero-order valence-corrected chi connectivity index (χ0v) is 26.3. The van der Waals surface area contributed by atoms with Crippen LogP contribution in [0.4, 0.5) is 33.7 Å². The molecule has 15 heteroatoms. The SMILES string of the molecule is COc1cc(S(C)(=O)=O)ccc1NCC#Cc1nc2c(N[C@@H]3CCN(C(=O)OC(C)(C)C)C[C@@H]3F)cccn2c1CC(F)(F)F. The Bertz CT molecular complexity index is 1720. The summed E-state index contributed by atoms with van der Waals surface area (Å²) in [5.41, 5.74) is -0.0957. The van der Waals surface area contributed by atoms with Crippen LogP contribution in [0.2, 0.25) is 0 Å². The summed E-state index contributed by atoms with van der Waals surface area (Å²) in [6.45, 7) is 5.18. The Morgan fingerprint density at radius 3 is 2.53 bits per heavy atom. The molecular weight excluding hydrogens is 618 g/mol. The zero-order chi connectivity index (χ0) is 33.2. The summed E-state index contributed by atoms with van der Waals surface area (Å²) < 4.78 is 91.5. The van der Waals surface area contributed by atoms with Crippen molar-refractivity contribution in [3.8, 4) is 17.6 Å². The number of imidazole rings is 1. The van der Waals surface area contributed by atoms with Gasteiger partial charge >= 0.3 is 12.3 Å². The average Bonchev–Trinajstić information content (AvgIpc) is 3.27. The first kappa shape index (κ1) is 33.7. The van der Waals surface area contributed by atoms with Crippen molar-refractivity contribution in [2.75, 3.05) is 43.6 Å². The van der Waals surface area contributed by atoms with Crippen LogP contribution in [-0.4, -0.2) is 85.8 Å². The molecule has 1 aromatic carbocycles. The number of carbonyl (C=O) groups is 1. The molecule has 0 unspecified atom stereocenters. The largest absolute Gasteiger partial charge is 0.495 e. The lowest BCUT2D eigenvalue weighted by Crippen LogP contribution is -2.51. The van der Waals surface area contributed by atoms with Crippen LogP contribution < -0.4 is 15.4 Å². The number of piperidine rings is 1. The van der Waals surface area contributed by atoms with Crippen LogP contribution in [0.1, 0.15) is 38.6 Å². The number of anilines is 2. The summed E-state index contributed by atoms with van der Waals surface area (Å²) in [6, 6.07) is 6.66. The molecule has 1 aliphatic rings. The van der Waals surface area contributed by atoms with E-state index in [0.717, 1.165) is 6.26 Å². The van der Waals surface area contributed by atoms with Gasteiger partial charge in [-0.2, -0.15) is 13.2 Å². The number of hydrogen-bond donors (Lipinski definition) is 2. The number of benzene rings is 1. The van der Waals surface area contributed by atoms with Gasteiger partial charge < -0.3 is 29.4 Å². The van der Waals surface area contributed by atoms with E-state index in [2.05, 4.69) is 27.5 Å². The second-order valence-corrected chi connectivity index (χ2v) is 13.6. The molecule has 0 radical (unpaired) electrons. The molecule has 0 spiro atoms. The van der Waals surface area contributed by atoms with Gasteiger partial charge in [-0.15, -0.1) is 0 Å². The van der Waals surface area contributed by atoms with Crippen molar-refractivity contribution in [1.82, 2.24) is 14.3 Å². The molecule has 2 N–H and O–H groups in total. The number of pyridine rings is 1. The number of sulfone groups is 1. The van der Waals surface area contributed by atoms with Crippen LogP contribution in [0.25, 0.3) is 5.65 Å². The smallest absolute Gasteiger partial charge is 0.410 e. The van der Waals surface area contributed by atoms with Crippen LogP contribution >= 0.6 is 0 Å². The van der Waals surface area contributed by atoms with Crippen molar-refractivity contribution in [3.05, 3.63) is 47.9 Å². The Morgan fingerprint density at radius 2 is 1.91 bits per heavy atom. The molecule has 244 valence electrons. The summed E-state index contributed by atoms with van der Waals surface area (Å²) in [6.07, 6.45) is -5.19. The fourth-order valence-electron chi connectivity index (χ4n) is 4.76. The van der Waals surface area contributed by atoms with Gasteiger partial charge in [0.2, 0.25) is 0 Å². The third-order valence-electron chi connectivity index (χ3n) is 6.83. The summed E-state index contributed by atoms with van der Waals surface area (Å²) in [4.78, 5) is 18.1. The van der Waals surface area contributed by atoms with E-state index in [9.17, 15) is 26.4 Å². The molecule has 1 amide bonds. The topological polar surface area (TPSA) is 114 Å². The van der Waals surface area contributed by atoms with Crippen LogP contribution in [0.5, 0.6) is 5.75 Å². The molecule has 0 aliphatic carbocycles. The van der Waals surface area contributed by atoms with Gasteiger partial charge in [-0.25, -0.2) is 22.6 Å². The van der Waals surface area contributed by atoms with Crippen molar-refractivity contribution in [3.63, 3.8) is 0 Å². The lowest BCUT2D eigenvalue weighted by atomic mass is 10.0. The predicted molar refractivity (Wildman–Crippen MR) is 161 cm³/mol. The van der Waals surface area contributed by atoms with E-state index in [-0.39, 0.29) is 53.7 Å². The minimum Gasteiger partial charge on any atom is -0.495 e. The molecule has 3 heterocycles. The molecule has 1 fully saturated rings. The number of ether oxygens (including phenoxy) is 2.